The number of fused-ring (bicyclic) bond motifs is 1. The Balaban J connectivity index is 1.52. The topological polar surface area (TPSA) is 122 Å². The number of aromatic amines is 1. The molecule has 4 rings (SSSR count). The molecule has 0 radical (unpaired) electrons. The van der Waals surface area contributed by atoms with E-state index in [0.29, 0.717) is 23.0 Å². The molecule has 0 saturated heterocycles. The van der Waals surface area contributed by atoms with Gasteiger partial charge in [0.25, 0.3) is 5.91 Å². The van der Waals surface area contributed by atoms with Crippen LogP contribution >= 0.6 is 0 Å². The number of halogens is 3. The number of aromatic nitrogens is 4. The number of anilines is 2. The van der Waals surface area contributed by atoms with Crippen LogP contribution in [0.3, 0.4) is 0 Å². The molecule has 0 spiro atoms. The van der Waals surface area contributed by atoms with E-state index in [1.54, 1.807) is 6.20 Å². The number of benzene rings is 1. The zero-order chi connectivity index (χ0) is 24.3. The second kappa shape index (κ2) is 9.11. The SMILES string of the molecule is C#CCNC(=O)c1cc(C(F)(F)F)cnc1NCc1ccc(-c2cnc3n[nH]c(N)c3c2)cc1. The highest BCUT2D eigenvalue weighted by molar-refractivity contribution is 5.99. The number of carbonyl (C=O) groups excluding carboxylic acids is 1. The van der Waals surface area contributed by atoms with E-state index >= 15 is 0 Å². The fourth-order valence-electron chi connectivity index (χ4n) is 3.24. The Kier molecular flexibility index (Phi) is 6.05. The number of terminal acetylenes is 1. The average molecular weight is 465 g/mol. The van der Waals surface area contributed by atoms with Crippen molar-refractivity contribution in [2.45, 2.75) is 12.7 Å². The first-order valence-corrected chi connectivity index (χ1v) is 9.98. The number of pyridine rings is 2. The van der Waals surface area contributed by atoms with Crippen LogP contribution in [0.25, 0.3) is 22.2 Å². The van der Waals surface area contributed by atoms with E-state index in [0.717, 1.165) is 22.8 Å². The first kappa shape index (κ1) is 22.6. The number of nitrogen functional groups attached to an aromatic ring is 1. The highest BCUT2D eigenvalue weighted by Crippen LogP contribution is 2.31. The maximum absolute atomic E-state index is 13.1. The lowest BCUT2D eigenvalue weighted by atomic mass is 10.0. The molecule has 0 unspecified atom stereocenters. The molecule has 3 heterocycles. The van der Waals surface area contributed by atoms with Gasteiger partial charge in [-0.3, -0.25) is 9.89 Å². The molecule has 0 aliphatic carbocycles. The molecule has 0 fully saturated rings. The number of rotatable bonds is 6. The van der Waals surface area contributed by atoms with E-state index in [1.165, 1.54) is 0 Å². The standard InChI is InChI=1S/C23H18F3N7O/c1-2-7-28-22(34)18-9-16(23(24,25)26)12-31-20(18)29-10-13-3-5-14(6-4-13)15-8-17-19(27)32-33-21(17)30-11-15/h1,3-6,8-9,11-12H,7,10H2,(H,28,34)(H,29,31)(H3,27,30,32,33). The van der Waals surface area contributed by atoms with Gasteiger partial charge in [-0.15, -0.1) is 6.42 Å². The third-order valence-electron chi connectivity index (χ3n) is 5.00. The largest absolute Gasteiger partial charge is 0.417 e. The third kappa shape index (κ3) is 4.75. The molecule has 1 aromatic carbocycles. The van der Waals surface area contributed by atoms with Crippen molar-refractivity contribution in [3.63, 3.8) is 0 Å². The Labute approximate surface area is 191 Å². The average Bonchev–Trinajstić information content (AvgIpc) is 3.21. The van der Waals surface area contributed by atoms with Gasteiger partial charge in [-0.2, -0.15) is 18.3 Å². The number of nitrogens with zero attached hydrogens (tertiary/aromatic N) is 3. The number of carbonyl (C=O) groups is 1. The predicted octanol–water partition coefficient (Wildman–Crippen LogP) is 3.60. The Morgan fingerprint density at radius 1 is 1.12 bits per heavy atom. The van der Waals surface area contributed by atoms with Crippen LogP contribution in [0.2, 0.25) is 0 Å². The molecule has 0 aliphatic rings. The normalized spacial score (nSPS) is 11.2. The van der Waals surface area contributed by atoms with Crippen molar-refractivity contribution in [1.82, 2.24) is 25.5 Å². The van der Waals surface area contributed by atoms with Crippen LogP contribution in [-0.4, -0.2) is 32.6 Å². The molecule has 0 bridgehead atoms. The minimum atomic E-state index is -4.64. The van der Waals surface area contributed by atoms with E-state index in [9.17, 15) is 18.0 Å². The summed E-state index contributed by atoms with van der Waals surface area (Å²) >= 11 is 0. The first-order chi connectivity index (χ1) is 16.3. The summed E-state index contributed by atoms with van der Waals surface area (Å²) in [5.74, 6) is 1.89. The number of alkyl halides is 3. The van der Waals surface area contributed by atoms with Crippen LogP contribution in [0.15, 0.2) is 48.8 Å². The Hall–Kier alpha value is -4.59. The molecule has 3 aromatic heterocycles. The van der Waals surface area contributed by atoms with Crippen LogP contribution in [-0.2, 0) is 12.7 Å². The van der Waals surface area contributed by atoms with Crippen molar-refractivity contribution in [2.24, 2.45) is 0 Å². The lowest BCUT2D eigenvalue weighted by Crippen LogP contribution is -2.25. The van der Waals surface area contributed by atoms with Crippen LogP contribution in [0.1, 0.15) is 21.5 Å². The highest BCUT2D eigenvalue weighted by Gasteiger charge is 2.32. The predicted molar refractivity (Wildman–Crippen MR) is 121 cm³/mol. The van der Waals surface area contributed by atoms with Gasteiger partial charge in [-0.1, -0.05) is 30.2 Å². The van der Waals surface area contributed by atoms with Crippen molar-refractivity contribution in [3.05, 3.63) is 65.5 Å². The molecule has 0 aliphatic heterocycles. The van der Waals surface area contributed by atoms with Crippen LogP contribution in [0.4, 0.5) is 24.8 Å². The first-order valence-electron chi connectivity index (χ1n) is 9.98. The van der Waals surface area contributed by atoms with Crippen LogP contribution in [0, 0.1) is 12.3 Å². The highest BCUT2D eigenvalue weighted by atomic mass is 19.4. The maximum atomic E-state index is 13.1. The van der Waals surface area contributed by atoms with Gasteiger partial charge in [0, 0.05) is 24.5 Å². The van der Waals surface area contributed by atoms with Gasteiger partial charge in [0.2, 0.25) is 0 Å². The van der Waals surface area contributed by atoms with Gasteiger partial charge in [0.15, 0.2) is 5.65 Å². The molecule has 5 N–H and O–H groups in total. The van der Waals surface area contributed by atoms with Crippen molar-refractivity contribution in [2.75, 3.05) is 17.6 Å². The van der Waals surface area contributed by atoms with Crippen LogP contribution < -0.4 is 16.4 Å². The minimum Gasteiger partial charge on any atom is -0.384 e. The number of amides is 1. The molecule has 172 valence electrons. The lowest BCUT2D eigenvalue weighted by molar-refractivity contribution is -0.137. The van der Waals surface area contributed by atoms with E-state index in [-0.39, 0.29) is 24.5 Å². The summed E-state index contributed by atoms with van der Waals surface area (Å²) in [6.07, 6.45) is 2.84. The summed E-state index contributed by atoms with van der Waals surface area (Å²) in [7, 11) is 0. The molecule has 0 atom stereocenters. The second-order valence-electron chi connectivity index (χ2n) is 7.29. The molecule has 4 aromatic rings. The summed E-state index contributed by atoms with van der Waals surface area (Å²) in [4.78, 5) is 20.4. The summed E-state index contributed by atoms with van der Waals surface area (Å²) in [6.45, 7) is 0.0983. The number of nitrogens with one attached hydrogen (secondary N) is 3. The molecule has 34 heavy (non-hydrogen) atoms. The fourth-order valence-corrected chi connectivity index (χ4v) is 3.24. The zero-order valence-corrected chi connectivity index (χ0v) is 17.6. The summed E-state index contributed by atoms with van der Waals surface area (Å²) in [5.41, 5.74) is 7.65. The Morgan fingerprint density at radius 2 is 1.88 bits per heavy atom. The van der Waals surface area contributed by atoms with Crippen molar-refractivity contribution >= 4 is 28.6 Å². The lowest BCUT2D eigenvalue weighted by Gasteiger charge is -2.14. The van der Waals surface area contributed by atoms with E-state index < -0.39 is 17.6 Å². The summed E-state index contributed by atoms with van der Waals surface area (Å²) in [6, 6.07) is 10.0. The van der Waals surface area contributed by atoms with Crippen molar-refractivity contribution in [3.8, 4) is 23.5 Å². The zero-order valence-electron chi connectivity index (χ0n) is 17.6. The van der Waals surface area contributed by atoms with Gasteiger partial charge in [0.05, 0.1) is 23.1 Å². The van der Waals surface area contributed by atoms with E-state index in [4.69, 9.17) is 12.2 Å². The number of hydrogen-bond donors (Lipinski definition) is 4. The smallest absolute Gasteiger partial charge is 0.384 e. The van der Waals surface area contributed by atoms with Gasteiger partial charge in [-0.25, -0.2) is 9.97 Å². The van der Waals surface area contributed by atoms with Gasteiger partial charge in [-0.05, 0) is 23.3 Å². The minimum absolute atomic E-state index is 0.0108. The maximum Gasteiger partial charge on any atom is 0.417 e. The number of hydrogen-bond acceptors (Lipinski definition) is 6. The van der Waals surface area contributed by atoms with Gasteiger partial charge >= 0.3 is 6.18 Å². The second-order valence-corrected chi connectivity index (χ2v) is 7.29. The number of H-pyrrole nitrogens is 1. The molecule has 0 saturated carbocycles. The molecule has 8 nitrogen and oxygen atoms in total. The molecule has 11 heteroatoms. The quantitative estimate of drug-likeness (QED) is 0.323. The Bertz CT molecular complexity index is 1390. The van der Waals surface area contributed by atoms with Crippen molar-refractivity contribution in [1.29, 1.82) is 0 Å². The molecular weight excluding hydrogens is 447 g/mol. The molecular formula is C23H18F3N7O. The van der Waals surface area contributed by atoms with Crippen LogP contribution in [0.5, 0.6) is 0 Å². The third-order valence-corrected chi connectivity index (χ3v) is 5.00. The summed E-state index contributed by atoms with van der Waals surface area (Å²) in [5, 5.41) is 12.7. The van der Waals surface area contributed by atoms with E-state index in [2.05, 4.69) is 36.7 Å². The van der Waals surface area contributed by atoms with Gasteiger partial charge < -0.3 is 16.4 Å². The van der Waals surface area contributed by atoms with E-state index in [1.807, 2.05) is 30.3 Å². The summed E-state index contributed by atoms with van der Waals surface area (Å²) < 4.78 is 39.3. The van der Waals surface area contributed by atoms with Crippen molar-refractivity contribution < 1.29 is 18.0 Å². The Morgan fingerprint density at radius 3 is 2.59 bits per heavy atom. The molecule has 1 amide bonds. The van der Waals surface area contributed by atoms with Gasteiger partial charge in [0.1, 0.15) is 11.6 Å². The fraction of sp³-hybridized carbons (Fsp3) is 0.130. The number of nitrogens with two attached hydrogens (primary N) is 1. The monoisotopic (exact) mass is 465 g/mol.